The molecule has 1 rings (SSSR count). The highest BCUT2D eigenvalue weighted by Crippen LogP contribution is 2.40. The average molecular weight is 280 g/mol. The van der Waals surface area contributed by atoms with Crippen LogP contribution < -0.4 is 4.74 Å². The Bertz CT molecular complexity index is 497. The molecule has 0 radical (unpaired) electrons. The molecular weight excluding hydrogens is 267 g/mol. The van der Waals surface area contributed by atoms with E-state index >= 15 is 0 Å². The molecule has 0 heterocycles. The quantitative estimate of drug-likeness (QED) is 0.695. The second-order valence-corrected chi connectivity index (χ2v) is 4.95. The molecule has 0 aliphatic carbocycles. The van der Waals surface area contributed by atoms with E-state index in [1.807, 2.05) is 0 Å². The zero-order valence-corrected chi connectivity index (χ0v) is 10.7. The zero-order chi connectivity index (χ0) is 15.0. The molecule has 106 valence electrons. The Balaban J connectivity index is 3.49. The molecule has 1 aromatic carbocycles. The summed E-state index contributed by atoms with van der Waals surface area (Å²) in [6.45, 7) is 7.29. The standard InChI is InChI=1S/C13H13F5O/c1-7(14)8-5-9(13(16,17)18)11(10(15)6-8)19-12(2,3)4/h5-6H,1H2,2-4H3. The summed E-state index contributed by atoms with van der Waals surface area (Å²) in [7, 11) is 0. The number of rotatable bonds is 2. The summed E-state index contributed by atoms with van der Waals surface area (Å²) in [5.41, 5.74) is -2.95. The number of benzene rings is 1. The van der Waals surface area contributed by atoms with Crippen molar-refractivity contribution in [3.05, 3.63) is 35.7 Å². The largest absolute Gasteiger partial charge is 0.484 e. The van der Waals surface area contributed by atoms with Crippen molar-refractivity contribution in [1.29, 1.82) is 0 Å². The van der Waals surface area contributed by atoms with Crippen LogP contribution in [0.15, 0.2) is 18.7 Å². The van der Waals surface area contributed by atoms with E-state index in [2.05, 4.69) is 6.58 Å². The maximum atomic E-state index is 13.7. The highest BCUT2D eigenvalue weighted by molar-refractivity contribution is 5.60. The van der Waals surface area contributed by atoms with Gasteiger partial charge >= 0.3 is 6.18 Å². The number of hydrogen-bond donors (Lipinski definition) is 0. The van der Waals surface area contributed by atoms with Crippen LogP contribution in [0.2, 0.25) is 0 Å². The molecule has 0 aromatic heterocycles. The topological polar surface area (TPSA) is 9.23 Å². The van der Waals surface area contributed by atoms with E-state index in [0.29, 0.717) is 12.1 Å². The number of alkyl halides is 3. The summed E-state index contributed by atoms with van der Waals surface area (Å²) >= 11 is 0. The Hall–Kier alpha value is -1.59. The third-order valence-corrected chi connectivity index (χ3v) is 2.07. The highest BCUT2D eigenvalue weighted by Gasteiger charge is 2.37. The zero-order valence-electron chi connectivity index (χ0n) is 10.7. The van der Waals surface area contributed by atoms with E-state index < -0.39 is 40.3 Å². The van der Waals surface area contributed by atoms with Crippen LogP contribution in [-0.4, -0.2) is 5.60 Å². The van der Waals surface area contributed by atoms with Crippen LogP contribution in [0.1, 0.15) is 31.9 Å². The Morgan fingerprint density at radius 2 is 1.68 bits per heavy atom. The fourth-order valence-corrected chi connectivity index (χ4v) is 1.37. The van der Waals surface area contributed by atoms with Gasteiger partial charge in [0.1, 0.15) is 17.0 Å². The first-order chi connectivity index (χ1) is 8.42. The molecule has 0 fully saturated rings. The lowest BCUT2D eigenvalue weighted by Gasteiger charge is -2.24. The molecule has 0 atom stereocenters. The third kappa shape index (κ3) is 3.94. The molecule has 0 N–H and O–H groups in total. The van der Waals surface area contributed by atoms with Crippen LogP contribution in [0.5, 0.6) is 5.75 Å². The molecule has 0 saturated heterocycles. The number of hydrogen-bond acceptors (Lipinski definition) is 1. The highest BCUT2D eigenvalue weighted by atomic mass is 19.4. The lowest BCUT2D eigenvalue weighted by Crippen LogP contribution is -2.25. The van der Waals surface area contributed by atoms with Gasteiger partial charge in [-0.15, -0.1) is 0 Å². The number of ether oxygens (including phenoxy) is 1. The second kappa shape index (κ2) is 4.83. The molecule has 19 heavy (non-hydrogen) atoms. The first kappa shape index (κ1) is 15.5. The summed E-state index contributed by atoms with van der Waals surface area (Å²) in [5.74, 6) is -3.37. The molecule has 0 aliphatic rings. The first-order valence-electron chi connectivity index (χ1n) is 5.36. The van der Waals surface area contributed by atoms with E-state index in [4.69, 9.17) is 4.74 Å². The monoisotopic (exact) mass is 280 g/mol. The predicted molar refractivity (Wildman–Crippen MR) is 61.9 cm³/mol. The molecule has 0 unspecified atom stereocenters. The van der Waals surface area contributed by atoms with Gasteiger partial charge in [-0.1, -0.05) is 6.58 Å². The third-order valence-electron chi connectivity index (χ3n) is 2.07. The van der Waals surface area contributed by atoms with Crippen molar-refractivity contribution in [3.8, 4) is 5.75 Å². The van der Waals surface area contributed by atoms with Crippen LogP contribution in [0.3, 0.4) is 0 Å². The average Bonchev–Trinajstić information content (AvgIpc) is 2.16. The predicted octanol–water partition coefficient (Wildman–Crippen LogP) is 4.96. The van der Waals surface area contributed by atoms with Crippen molar-refractivity contribution in [1.82, 2.24) is 0 Å². The summed E-state index contributed by atoms with van der Waals surface area (Å²) in [5, 5.41) is 0. The van der Waals surface area contributed by atoms with Crippen LogP contribution >= 0.6 is 0 Å². The summed E-state index contributed by atoms with van der Waals surface area (Å²) in [4.78, 5) is 0. The lowest BCUT2D eigenvalue weighted by molar-refractivity contribution is -0.140. The van der Waals surface area contributed by atoms with E-state index in [9.17, 15) is 22.0 Å². The smallest absolute Gasteiger partial charge is 0.420 e. The van der Waals surface area contributed by atoms with Gasteiger partial charge in [0.05, 0.1) is 0 Å². The van der Waals surface area contributed by atoms with E-state index in [1.165, 1.54) is 20.8 Å². The molecule has 1 aromatic rings. The van der Waals surface area contributed by atoms with Gasteiger partial charge in [0.25, 0.3) is 0 Å². The molecule has 6 heteroatoms. The van der Waals surface area contributed by atoms with E-state index in [1.54, 1.807) is 0 Å². The van der Waals surface area contributed by atoms with Gasteiger partial charge in [0.2, 0.25) is 0 Å². The molecule has 0 spiro atoms. The minimum atomic E-state index is -4.85. The van der Waals surface area contributed by atoms with Crippen LogP contribution in [0.25, 0.3) is 5.83 Å². The summed E-state index contributed by atoms with van der Waals surface area (Å²) < 4.78 is 70.1. The first-order valence-corrected chi connectivity index (χ1v) is 5.36. The molecule has 0 saturated carbocycles. The van der Waals surface area contributed by atoms with Crippen molar-refractivity contribution in [2.45, 2.75) is 32.5 Å². The Labute approximate surface area is 107 Å². The maximum absolute atomic E-state index is 13.7. The van der Waals surface area contributed by atoms with Gasteiger partial charge in [0, 0.05) is 5.56 Å². The van der Waals surface area contributed by atoms with Crippen LogP contribution in [0.4, 0.5) is 22.0 Å². The number of halogens is 5. The fourth-order valence-electron chi connectivity index (χ4n) is 1.37. The van der Waals surface area contributed by atoms with Crippen molar-refractivity contribution in [2.75, 3.05) is 0 Å². The van der Waals surface area contributed by atoms with Crippen LogP contribution in [0, 0.1) is 5.82 Å². The van der Waals surface area contributed by atoms with Gasteiger partial charge in [-0.3, -0.25) is 0 Å². The fraction of sp³-hybridized carbons (Fsp3) is 0.385. The molecule has 0 bridgehead atoms. The molecule has 0 aliphatic heterocycles. The van der Waals surface area contributed by atoms with Crippen LogP contribution in [-0.2, 0) is 6.18 Å². The van der Waals surface area contributed by atoms with Gasteiger partial charge in [-0.2, -0.15) is 13.2 Å². The summed E-state index contributed by atoms with van der Waals surface area (Å²) in [6, 6.07) is 1.10. The normalized spacial score (nSPS) is 12.4. The molecule has 0 amide bonds. The van der Waals surface area contributed by atoms with Crippen molar-refractivity contribution >= 4 is 5.83 Å². The van der Waals surface area contributed by atoms with Gasteiger partial charge < -0.3 is 4.74 Å². The maximum Gasteiger partial charge on any atom is 0.420 e. The van der Waals surface area contributed by atoms with Crippen molar-refractivity contribution in [2.24, 2.45) is 0 Å². The minimum absolute atomic E-state index is 0.479. The minimum Gasteiger partial charge on any atom is -0.484 e. The van der Waals surface area contributed by atoms with E-state index in [-0.39, 0.29) is 0 Å². The SMILES string of the molecule is C=C(F)c1cc(F)c(OC(C)(C)C)c(C(F)(F)F)c1. The Morgan fingerprint density at radius 1 is 1.16 bits per heavy atom. The van der Waals surface area contributed by atoms with Gasteiger partial charge in [-0.25, -0.2) is 8.78 Å². The Morgan fingerprint density at radius 3 is 2.05 bits per heavy atom. The second-order valence-electron chi connectivity index (χ2n) is 4.95. The lowest BCUT2D eigenvalue weighted by atomic mass is 10.1. The van der Waals surface area contributed by atoms with E-state index in [0.717, 1.165) is 0 Å². The molecule has 1 nitrogen and oxygen atoms in total. The van der Waals surface area contributed by atoms with Crippen molar-refractivity contribution in [3.63, 3.8) is 0 Å². The van der Waals surface area contributed by atoms with Gasteiger partial charge in [0.15, 0.2) is 11.6 Å². The Kier molecular flexibility index (Phi) is 3.93. The summed E-state index contributed by atoms with van der Waals surface area (Å²) in [6.07, 6.45) is -4.85. The van der Waals surface area contributed by atoms with Crippen molar-refractivity contribution < 1.29 is 26.7 Å². The molecular formula is C13H13F5O. The van der Waals surface area contributed by atoms with Gasteiger partial charge in [-0.05, 0) is 32.9 Å².